The van der Waals surface area contributed by atoms with Crippen LogP contribution in [0.4, 0.5) is 0 Å². The molecule has 0 aromatic carbocycles. The highest BCUT2D eigenvalue weighted by molar-refractivity contribution is 5.77. The van der Waals surface area contributed by atoms with Gasteiger partial charge < -0.3 is 20.3 Å². The number of nitrogens with one attached hydrogen (secondary N) is 2. The summed E-state index contributed by atoms with van der Waals surface area (Å²) in [4.78, 5) is 14.1. The molecular formula is C15H29N3O2. The standard InChI is InChI=1S/C15H29N3O2/c1-18(13-4-2-3-5-13)11-10-17-15(19)12-20-14-6-8-16-9-7-14/h13-14,16H,2-12H2,1H3,(H,17,19). The molecule has 1 saturated heterocycles. The van der Waals surface area contributed by atoms with Gasteiger partial charge in [0.2, 0.25) is 5.91 Å². The van der Waals surface area contributed by atoms with E-state index < -0.39 is 0 Å². The quantitative estimate of drug-likeness (QED) is 0.724. The maximum atomic E-state index is 11.7. The lowest BCUT2D eigenvalue weighted by atomic mass is 10.1. The van der Waals surface area contributed by atoms with E-state index in [1.54, 1.807) is 0 Å². The lowest BCUT2D eigenvalue weighted by Crippen LogP contribution is -2.39. The number of amides is 1. The fourth-order valence-electron chi connectivity index (χ4n) is 3.11. The maximum Gasteiger partial charge on any atom is 0.246 e. The van der Waals surface area contributed by atoms with E-state index in [4.69, 9.17) is 4.74 Å². The normalized spacial score (nSPS) is 21.5. The number of likely N-dealkylation sites (N-methyl/N-ethyl adjacent to an activating group) is 1. The van der Waals surface area contributed by atoms with Crippen molar-refractivity contribution in [2.24, 2.45) is 0 Å². The number of hydrogen-bond acceptors (Lipinski definition) is 4. The second-order valence-electron chi connectivity index (χ2n) is 6.03. The second-order valence-corrected chi connectivity index (χ2v) is 6.03. The Morgan fingerprint density at radius 1 is 1.25 bits per heavy atom. The molecular weight excluding hydrogens is 254 g/mol. The number of carbonyl (C=O) groups excluding carboxylic acids is 1. The lowest BCUT2D eigenvalue weighted by molar-refractivity contribution is -0.128. The Balaban J connectivity index is 1.51. The Labute approximate surface area is 122 Å². The molecule has 0 unspecified atom stereocenters. The summed E-state index contributed by atoms with van der Waals surface area (Å²) in [6.45, 7) is 3.86. The molecule has 0 radical (unpaired) electrons. The van der Waals surface area contributed by atoms with E-state index in [2.05, 4.69) is 22.6 Å². The molecule has 2 fully saturated rings. The minimum Gasteiger partial charge on any atom is -0.368 e. The van der Waals surface area contributed by atoms with E-state index in [0.717, 1.165) is 45.1 Å². The molecule has 2 N–H and O–H groups in total. The zero-order valence-corrected chi connectivity index (χ0v) is 12.7. The summed E-state index contributed by atoms with van der Waals surface area (Å²) >= 11 is 0. The predicted octanol–water partition coefficient (Wildman–Crippen LogP) is 0.746. The molecule has 1 aliphatic carbocycles. The Hall–Kier alpha value is -0.650. The summed E-state index contributed by atoms with van der Waals surface area (Å²) < 4.78 is 5.64. The Morgan fingerprint density at radius 2 is 1.95 bits per heavy atom. The van der Waals surface area contributed by atoms with Crippen molar-refractivity contribution in [3.63, 3.8) is 0 Å². The van der Waals surface area contributed by atoms with Crippen LogP contribution in [0.3, 0.4) is 0 Å². The van der Waals surface area contributed by atoms with Crippen LogP contribution in [-0.2, 0) is 9.53 Å². The van der Waals surface area contributed by atoms with Gasteiger partial charge in [-0.15, -0.1) is 0 Å². The van der Waals surface area contributed by atoms with Gasteiger partial charge in [0.15, 0.2) is 0 Å². The molecule has 20 heavy (non-hydrogen) atoms. The molecule has 1 heterocycles. The fourth-order valence-corrected chi connectivity index (χ4v) is 3.11. The van der Waals surface area contributed by atoms with Crippen LogP contribution in [0.25, 0.3) is 0 Å². The molecule has 1 aliphatic heterocycles. The third-order valence-electron chi connectivity index (χ3n) is 4.47. The van der Waals surface area contributed by atoms with Crippen LogP contribution in [0, 0.1) is 0 Å². The first kappa shape index (κ1) is 15.7. The van der Waals surface area contributed by atoms with Crippen LogP contribution in [0.15, 0.2) is 0 Å². The first-order valence-electron chi connectivity index (χ1n) is 8.05. The van der Waals surface area contributed by atoms with Gasteiger partial charge in [-0.3, -0.25) is 4.79 Å². The summed E-state index contributed by atoms with van der Waals surface area (Å²) in [7, 11) is 2.16. The van der Waals surface area contributed by atoms with Gasteiger partial charge >= 0.3 is 0 Å². The fraction of sp³-hybridized carbons (Fsp3) is 0.933. The number of piperidine rings is 1. The van der Waals surface area contributed by atoms with E-state index in [-0.39, 0.29) is 18.6 Å². The topological polar surface area (TPSA) is 53.6 Å². The number of nitrogens with zero attached hydrogens (tertiary/aromatic N) is 1. The summed E-state index contributed by atoms with van der Waals surface area (Å²) in [6.07, 6.45) is 7.60. The third-order valence-corrected chi connectivity index (χ3v) is 4.47. The van der Waals surface area contributed by atoms with Crippen LogP contribution >= 0.6 is 0 Å². The van der Waals surface area contributed by atoms with Crippen molar-refractivity contribution in [1.82, 2.24) is 15.5 Å². The number of carbonyl (C=O) groups is 1. The first-order chi connectivity index (χ1) is 9.75. The van der Waals surface area contributed by atoms with Crippen LogP contribution in [0.5, 0.6) is 0 Å². The average Bonchev–Trinajstić information content (AvgIpc) is 3.00. The molecule has 0 aromatic rings. The number of hydrogen-bond donors (Lipinski definition) is 2. The van der Waals surface area contributed by atoms with Crippen molar-refractivity contribution in [2.75, 3.05) is 39.8 Å². The molecule has 2 aliphatic rings. The molecule has 1 amide bonds. The van der Waals surface area contributed by atoms with E-state index >= 15 is 0 Å². The average molecular weight is 283 g/mol. The van der Waals surface area contributed by atoms with E-state index in [1.807, 2.05) is 0 Å². The molecule has 0 bridgehead atoms. The molecule has 1 saturated carbocycles. The molecule has 0 atom stereocenters. The predicted molar refractivity (Wildman–Crippen MR) is 79.7 cm³/mol. The summed E-state index contributed by atoms with van der Waals surface area (Å²) in [5.74, 6) is 0.0170. The van der Waals surface area contributed by atoms with Gasteiger partial charge in [0.05, 0.1) is 6.10 Å². The zero-order valence-electron chi connectivity index (χ0n) is 12.7. The highest BCUT2D eigenvalue weighted by atomic mass is 16.5. The minimum absolute atomic E-state index is 0.0170. The van der Waals surface area contributed by atoms with Crippen molar-refractivity contribution in [3.8, 4) is 0 Å². The van der Waals surface area contributed by atoms with Crippen LogP contribution in [0.2, 0.25) is 0 Å². The van der Waals surface area contributed by atoms with E-state index in [1.165, 1.54) is 25.7 Å². The Kier molecular flexibility index (Phi) is 6.76. The molecule has 116 valence electrons. The second kappa shape index (κ2) is 8.60. The largest absolute Gasteiger partial charge is 0.368 e. The zero-order chi connectivity index (χ0) is 14.2. The molecule has 0 aromatic heterocycles. The first-order valence-corrected chi connectivity index (χ1v) is 8.05. The van der Waals surface area contributed by atoms with Gasteiger partial charge in [0.25, 0.3) is 0 Å². The van der Waals surface area contributed by atoms with Crippen molar-refractivity contribution < 1.29 is 9.53 Å². The molecule has 5 nitrogen and oxygen atoms in total. The van der Waals surface area contributed by atoms with Crippen LogP contribution in [-0.4, -0.2) is 62.8 Å². The summed E-state index contributed by atoms with van der Waals surface area (Å²) in [6, 6.07) is 0.720. The maximum absolute atomic E-state index is 11.7. The van der Waals surface area contributed by atoms with E-state index in [0.29, 0.717) is 0 Å². The van der Waals surface area contributed by atoms with Gasteiger partial charge in [-0.1, -0.05) is 12.8 Å². The smallest absolute Gasteiger partial charge is 0.246 e. The highest BCUT2D eigenvalue weighted by Gasteiger charge is 2.19. The van der Waals surface area contributed by atoms with Gasteiger partial charge in [0.1, 0.15) is 6.61 Å². The molecule has 2 rings (SSSR count). The number of rotatable bonds is 7. The van der Waals surface area contributed by atoms with Gasteiger partial charge in [0, 0.05) is 19.1 Å². The highest BCUT2D eigenvalue weighted by Crippen LogP contribution is 2.21. The lowest BCUT2D eigenvalue weighted by Gasteiger charge is -2.24. The Morgan fingerprint density at radius 3 is 2.65 bits per heavy atom. The Bertz CT molecular complexity index is 287. The van der Waals surface area contributed by atoms with Gasteiger partial charge in [-0.2, -0.15) is 0 Å². The number of ether oxygens (including phenoxy) is 1. The van der Waals surface area contributed by atoms with Crippen LogP contribution in [0.1, 0.15) is 38.5 Å². The minimum atomic E-state index is 0.0170. The molecule has 0 spiro atoms. The monoisotopic (exact) mass is 283 g/mol. The summed E-state index contributed by atoms with van der Waals surface area (Å²) in [5.41, 5.74) is 0. The van der Waals surface area contributed by atoms with Gasteiger partial charge in [-0.25, -0.2) is 0 Å². The van der Waals surface area contributed by atoms with Crippen molar-refractivity contribution in [3.05, 3.63) is 0 Å². The molecule has 5 heteroatoms. The third kappa shape index (κ3) is 5.38. The van der Waals surface area contributed by atoms with E-state index in [9.17, 15) is 4.79 Å². The van der Waals surface area contributed by atoms with Crippen LogP contribution < -0.4 is 10.6 Å². The summed E-state index contributed by atoms with van der Waals surface area (Å²) in [5, 5.41) is 6.25. The van der Waals surface area contributed by atoms with Gasteiger partial charge in [-0.05, 0) is 45.8 Å². The van der Waals surface area contributed by atoms with Crippen molar-refractivity contribution in [1.29, 1.82) is 0 Å². The SMILES string of the molecule is CN(CCNC(=O)COC1CCNCC1)C1CCCC1. The van der Waals surface area contributed by atoms with Crippen molar-refractivity contribution >= 4 is 5.91 Å². The van der Waals surface area contributed by atoms with Crippen molar-refractivity contribution in [2.45, 2.75) is 50.7 Å².